The van der Waals surface area contributed by atoms with Crippen molar-refractivity contribution in [3.8, 4) is 5.69 Å². The number of rotatable bonds is 2. The second-order valence-electron chi connectivity index (χ2n) is 6.11. The van der Waals surface area contributed by atoms with E-state index in [0.717, 1.165) is 31.8 Å². The first-order valence-corrected chi connectivity index (χ1v) is 9.63. The van der Waals surface area contributed by atoms with Crippen LogP contribution >= 0.6 is 22.7 Å². The Hall–Kier alpha value is -2.84. The molecule has 0 saturated heterocycles. The third-order valence-electron chi connectivity index (χ3n) is 4.33. The zero-order valence-electron chi connectivity index (χ0n) is 14.0. The average molecular weight is 379 g/mol. The van der Waals surface area contributed by atoms with Crippen LogP contribution in [0, 0.1) is 0 Å². The van der Waals surface area contributed by atoms with Gasteiger partial charge < -0.3 is 4.90 Å². The van der Waals surface area contributed by atoms with E-state index in [4.69, 9.17) is 0 Å². The molecule has 5 rings (SSSR count). The van der Waals surface area contributed by atoms with Crippen molar-refractivity contribution in [2.75, 3.05) is 19.0 Å². The predicted molar refractivity (Wildman–Crippen MR) is 108 cm³/mol. The summed E-state index contributed by atoms with van der Waals surface area (Å²) >= 11 is 2.95. The number of aromatic nitrogens is 4. The molecule has 5 aromatic rings. The minimum Gasteiger partial charge on any atom is -0.377 e. The smallest absolute Gasteiger partial charge is 0.275 e. The molecule has 0 bridgehead atoms. The van der Waals surface area contributed by atoms with E-state index in [2.05, 4.69) is 15.0 Å². The quantitative estimate of drug-likeness (QED) is 0.468. The normalized spacial score (nSPS) is 11.6. The molecule has 0 spiro atoms. The van der Waals surface area contributed by atoms with Gasteiger partial charge in [-0.15, -0.1) is 22.7 Å². The van der Waals surface area contributed by atoms with Crippen molar-refractivity contribution in [3.63, 3.8) is 0 Å². The van der Waals surface area contributed by atoms with Gasteiger partial charge in [0.05, 0.1) is 38.0 Å². The van der Waals surface area contributed by atoms with Gasteiger partial charge in [0.2, 0.25) is 0 Å². The molecule has 4 aromatic heterocycles. The first-order chi connectivity index (χ1) is 12.6. The number of fused-ring (bicyclic) bond motifs is 4. The highest BCUT2D eigenvalue weighted by Gasteiger charge is 2.17. The maximum atomic E-state index is 13.1. The van der Waals surface area contributed by atoms with Gasteiger partial charge in [-0.1, -0.05) is 0 Å². The van der Waals surface area contributed by atoms with Crippen molar-refractivity contribution in [1.29, 1.82) is 0 Å². The highest BCUT2D eigenvalue weighted by molar-refractivity contribution is 7.25. The van der Waals surface area contributed by atoms with E-state index in [-0.39, 0.29) is 5.56 Å². The number of benzene rings is 1. The largest absolute Gasteiger partial charge is 0.377 e. The van der Waals surface area contributed by atoms with Crippen LogP contribution in [-0.4, -0.2) is 33.6 Å². The Kier molecular flexibility index (Phi) is 3.31. The summed E-state index contributed by atoms with van der Waals surface area (Å²) in [5.41, 5.74) is 5.17. The van der Waals surface area contributed by atoms with Gasteiger partial charge in [-0.3, -0.25) is 9.36 Å². The molecule has 26 heavy (non-hydrogen) atoms. The molecule has 0 aliphatic carbocycles. The van der Waals surface area contributed by atoms with Crippen molar-refractivity contribution in [2.24, 2.45) is 0 Å². The number of pyridine rings is 1. The summed E-state index contributed by atoms with van der Waals surface area (Å²) in [6.07, 6.45) is 3.37. The van der Waals surface area contributed by atoms with Crippen LogP contribution in [-0.2, 0) is 0 Å². The number of hydrogen-bond acceptors (Lipinski definition) is 7. The minimum atomic E-state index is -0.0772. The van der Waals surface area contributed by atoms with Gasteiger partial charge in [-0.25, -0.2) is 15.0 Å². The summed E-state index contributed by atoms with van der Waals surface area (Å²) in [6, 6.07) is 7.74. The Morgan fingerprint density at radius 1 is 1.12 bits per heavy atom. The van der Waals surface area contributed by atoms with Gasteiger partial charge in [0.1, 0.15) is 15.9 Å². The van der Waals surface area contributed by atoms with Gasteiger partial charge in [-0.2, -0.15) is 0 Å². The highest BCUT2D eigenvalue weighted by atomic mass is 32.1. The third-order valence-corrected chi connectivity index (χ3v) is 6.20. The molecule has 1 aromatic carbocycles. The molecular weight excluding hydrogens is 366 g/mol. The fraction of sp³-hybridized carbons (Fsp3) is 0.111. The predicted octanol–water partition coefficient (Wildman–Crippen LogP) is 3.67. The van der Waals surface area contributed by atoms with Crippen LogP contribution in [0.1, 0.15) is 0 Å². The SMILES string of the molecule is CN(C)c1ccnc2sc3c(=O)n(-c4ccc5ncsc5c4)cnc3c12. The summed E-state index contributed by atoms with van der Waals surface area (Å²) in [5.74, 6) is 0. The van der Waals surface area contributed by atoms with Crippen LogP contribution in [0.3, 0.4) is 0 Å². The number of nitrogens with zero attached hydrogens (tertiary/aromatic N) is 5. The number of hydrogen-bond donors (Lipinski definition) is 0. The van der Waals surface area contributed by atoms with Crippen LogP contribution < -0.4 is 10.5 Å². The lowest BCUT2D eigenvalue weighted by atomic mass is 10.2. The van der Waals surface area contributed by atoms with Crippen LogP contribution in [0.15, 0.2) is 47.1 Å². The number of thiazole rings is 1. The molecule has 8 heteroatoms. The topological polar surface area (TPSA) is 63.9 Å². The van der Waals surface area contributed by atoms with Gasteiger partial charge >= 0.3 is 0 Å². The maximum absolute atomic E-state index is 13.1. The number of anilines is 1. The molecule has 0 N–H and O–H groups in total. The summed E-state index contributed by atoms with van der Waals surface area (Å²) in [4.78, 5) is 29.3. The summed E-state index contributed by atoms with van der Waals surface area (Å²) in [7, 11) is 3.95. The van der Waals surface area contributed by atoms with Crippen molar-refractivity contribution in [2.45, 2.75) is 0 Å². The Morgan fingerprint density at radius 2 is 2.00 bits per heavy atom. The van der Waals surface area contributed by atoms with E-state index >= 15 is 0 Å². The number of thiophene rings is 1. The fourth-order valence-electron chi connectivity index (χ4n) is 3.09. The Bertz CT molecular complexity index is 1350. The molecule has 0 fully saturated rings. The molecule has 4 heterocycles. The Morgan fingerprint density at radius 3 is 2.85 bits per heavy atom. The van der Waals surface area contributed by atoms with Gasteiger partial charge in [0.15, 0.2) is 0 Å². The molecule has 6 nitrogen and oxygen atoms in total. The van der Waals surface area contributed by atoms with E-state index in [9.17, 15) is 4.79 Å². The van der Waals surface area contributed by atoms with Crippen LogP contribution in [0.25, 0.3) is 36.3 Å². The van der Waals surface area contributed by atoms with Crippen LogP contribution in [0.4, 0.5) is 5.69 Å². The Balaban J connectivity index is 1.81. The lowest BCUT2D eigenvalue weighted by Gasteiger charge is -2.13. The summed E-state index contributed by atoms with van der Waals surface area (Å²) in [6.45, 7) is 0. The molecular formula is C18H13N5OS2. The second-order valence-corrected chi connectivity index (χ2v) is 7.99. The molecule has 0 unspecified atom stereocenters. The van der Waals surface area contributed by atoms with E-state index in [1.54, 1.807) is 33.9 Å². The summed E-state index contributed by atoms with van der Waals surface area (Å²) in [5, 5.41) is 0.930. The van der Waals surface area contributed by atoms with E-state index in [1.807, 2.05) is 43.3 Å². The monoisotopic (exact) mass is 379 g/mol. The first-order valence-electron chi connectivity index (χ1n) is 7.93. The zero-order valence-corrected chi connectivity index (χ0v) is 15.6. The van der Waals surface area contributed by atoms with Crippen LogP contribution in [0.2, 0.25) is 0 Å². The Labute approximate surface area is 156 Å². The summed E-state index contributed by atoms with van der Waals surface area (Å²) < 4.78 is 3.25. The third kappa shape index (κ3) is 2.16. The molecule has 0 saturated carbocycles. The minimum absolute atomic E-state index is 0.0772. The van der Waals surface area contributed by atoms with Crippen molar-refractivity contribution >= 4 is 59.0 Å². The lowest BCUT2D eigenvalue weighted by molar-refractivity contribution is 0.970. The molecule has 128 valence electrons. The molecule has 0 radical (unpaired) electrons. The van der Waals surface area contributed by atoms with E-state index in [0.29, 0.717) is 10.2 Å². The van der Waals surface area contributed by atoms with Crippen LogP contribution in [0.5, 0.6) is 0 Å². The zero-order chi connectivity index (χ0) is 17.8. The van der Waals surface area contributed by atoms with Crippen molar-refractivity contribution in [1.82, 2.24) is 19.5 Å². The van der Waals surface area contributed by atoms with Crippen molar-refractivity contribution < 1.29 is 0 Å². The molecule has 0 aliphatic heterocycles. The van der Waals surface area contributed by atoms with Gasteiger partial charge in [0, 0.05) is 20.3 Å². The maximum Gasteiger partial charge on any atom is 0.275 e. The molecule has 0 atom stereocenters. The highest BCUT2D eigenvalue weighted by Crippen LogP contribution is 2.35. The van der Waals surface area contributed by atoms with Gasteiger partial charge in [-0.05, 0) is 24.3 Å². The van der Waals surface area contributed by atoms with E-state index < -0.39 is 0 Å². The first kappa shape index (κ1) is 15.4. The standard InChI is InChI=1S/C18H13N5OS2/c1-22(2)12-5-6-19-17-14(12)15-16(26-17)18(24)23(8-20-15)10-3-4-11-13(7-10)25-9-21-11/h3-9H,1-2H3. The van der Waals surface area contributed by atoms with E-state index in [1.165, 1.54) is 11.3 Å². The molecule has 0 aliphatic rings. The second kappa shape index (κ2) is 5.58. The average Bonchev–Trinajstić information content (AvgIpc) is 3.25. The van der Waals surface area contributed by atoms with Crippen molar-refractivity contribution in [3.05, 3.63) is 52.7 Å². The lowest BCUT2D eigenvalue weighted by Crippen LogP contribution is -2.17. The van der Waals surface area contributed by atoms with Gasteiger partial charge in [0.25, 0.3) is 5.56 Å². The fourth-order valence-corrected chi connectivity index (χ4v) is 4.84. The molecule has 0 amide bonds.